The fraction of sp³-hybridized carbons (Fsp3) is 0.133. The summed E-state index contributed by atoms with van der Waals surface area (Å²) in [6.45, 7) is 1.68. The first-order valence-corrected chi connectivity index (χ1v) is 8.69. The van der Waals surface area contributed by atoms with Crippen LogP contribution in [0.4, 0.5) is 17.1 Å². The highest BCUT2D eigenvalue weighted by atomic mass is 32.2. The lowest BCUT2D eigenvalue weighted by atomic mass is 10.1. The van der Waals surface area contributed by atoms with Crippen LogP contribution >= 0.6 is 0 Å². The highest BCUT2D eigenvalue weighted by molar-refractivity contribution is 7.92. The first kappa shape index (κ1) is 17.4. The molecule has 0 aliphatic heterocycles. The van der Waals surface area contributed by atoms with Gasteiger partial charge >= 0.3 is 0 Å². The first-order chi connectivity index (χ1) is 11.2. The Morgan fingerprint density at radius 2 is 1.67 bits per heavy atom. The van der Waals surface area contributed by atoms with Gasteiger partial charge in [-0.1, -0.05) is 6.07 Å². The van der Waals surface area contributed by atoms with E-state index in [1.165, 1.54) is 42.5 Å². The van der Waals surface area contributed by atoms with Gasteiger partial charge in [-0.2, -0.15) is 0 Å². The number of nitro groups is 1. The molecule has 0 bridgehead atoms. The number of aryl methyl sites for hydroxylation is 1. The topological polar surface area (TPSA) is 118 Å². The number of benzene rings is 2. The number of nitrogens with zero attached hydrogens (tertiary/aromatic N) is 1. The van der Waals surface area contributed by atoms with E-state index < -0.39 is 20.9 Å². The Morgan fingerprint density at radius 3 is 2.21 bits per heavy atom. The molecule has 0 fully saturated rings. The van der Waals surface area contributed by atoms with Crippen LogP contribution in [0.1, 0.15) is 15.9 Å². The maximum absolute atomic E-state index is 12.3. The molecule has 0 atom stereocenters. The van der Waals surface area contributed by atoms with Gasteiger partial charge < -0.3 is 5.32 Å². The Balaban J connectivity index is 2.18. The number of hydrogen-bond donors (Lipinski definition) is 2. The molecule has 2 aromatic rings. The Morgan fingerprint density at radius 1 is 1.08 bits per heavy atom. The van der Waals surface area contributed by atoms with E-state index in [1.54, 1.807) is 6.92 Å². The summed E-state index contributed by atoms with van der Waals surface area (Å²) in [7, 11) is -3.38. The van der Waals surface area contributed by atoms with Gasteiger partial charge in [0, 0.05) is 29.1 Å². The number of non-ortho nitro benzene ring substituents is 1. The van der Waals surface area contributed by atoms with Gasteiger partial charge in [0.25, 0.3) is 11.6 Å². The predicted molar refractivity (Wildman–Crippen MR) is 90.7 cm³/mol. The standard InChI is InChI=1S/C15H15N3O5S/c1-10-3-8-13(18(20)21)9-14(10)15(19)16-11-4-6-12(7-5-11)17-24(2,22)23/h3-9,17H,1-2H3,(H,16,19). The van der Waals surface area contributed by atoms with E-state index in [-0.39, 0.29) is 11.3 Å². The molecule has 0 radical (unpaired) electrons. The van der Waals surface area contributed by atoms with Crippen molar-refractivity contribution in [2.75, 3.05) is 16.3 Å². The second-order valence-corrected chi connectivity index (χ2v) is 6.91. The molecule has 2 N–H and O–H groups in total. The maximum atomic E-state index is 12.3. The Hall–Kier alpha value is -2.94. The molecule has 0 saturated carbocycles. The molecule has 0 aliphatic carbocycles. The number of sulfonamides is 1. The van der Waals surface area contributed by atoms with E-state index in [0.29, 0.717) is 16.9 Å². The summed E-state index contributed by atoms with van der Waals surface area (Å²) in [5, 5.41) is 13.4. The zero-order chi connectivity index (χ0) is 17.9. The lowest BCUT2D eigenvalue weighted by Crippen LogP contribution is -2.14. The Kier molecular flexibility index (Phi) is 4.84. The third kappa shape index (κ3) is 4.53. The summed E-state index contributed by atoms with van der Waals surface area (Å²) in [4.78, 5) is 22.5. The van der Waals surface area contributed by atoms with Crippen molar-refractivity contribution in [3.8, 4) is 0 Å². The molecule has 24 heavy (non-hydrogen) atoms. The van der Waals surface area contributed by atoms with E-state index in [0.717, 1.165) is 6.26 Å². The van der Waals surface area contributed by atoms with Crippen molar-refractivity contribution in [1.82, 2.24) is 0 Å². The van der Waals surface area contributed by atoms with Gasteiger partial charge in [0.05, 0.1) is 11.2 Å². The Labute approximate surface area is 138 Å². The fourth-order valence-electron chi connectivity index (χ4n) is 2.00. The van der Waals surface area contributed by atoms with Crippen molar-refractivity contribution in [2.45, 2.75) is 6.92 Å². The lowest BCUT2D eigenvalue weighted by molar-refractivity contribution is -0.384. The first-order valence-electron chi connectivity index (χ1n) is 6.80. The third-order valence-corrected chi connectivity index (χ3v) is 3.73. The summed E-state index contributed by atoms with van der Waals surface area (Å²) >= 11 is 0. The van der Waals surface area contributed by atoms with Gasteiger partial charge in [0.15, 0.2) is 0 Å². The van der Waals surface area contributed by atoms with E-state index >= 15 is 0 Å². The van der Waals surface area contributed by atoms with Gasteiger partial charge in [0.1, 0.15) is 0 Å². The molecule has 2 aromatic carbocycles. The highest BCUT2D eigenvalue weighted by Gasteiger charge is 2.15. The lowest BCUT2D eigenvalue weighted by Gasteiger charge is -2.09. The summed E-state index contributed by atoms with van der Waals surface area (Å²) in [5.41, 5.74) is 1.43. The van der Waals surface area contributed by atoms with E-state index in [2.05, 4.69) is 10.0 Å². The zero-order valence-corrected chi connectivity index (χ0v) is 13.8. The average Bonchev–Trinajstić information content (AvgIpc) is 2.48. The average molecular weight is 349 g/mol. The molecule has 9 heteroatoms. The molecule has 0 saturated heterocycles. The zero-order valence-electron chi connectivity index (χ0n) is 12.9. The maximum Gasteiger partial charge on any atom is 0.270 e. The van der Waals surface area contributed by atoms with Crippen molar-refractivity contribution in [3.05, 3.63) is 63.7 Å². The van der Waals surface area contributed by atoms with Gasteiger partial charge in [0.2, 0.25) is 10.0 Å². The van der Waals surface area contributed by atoms with Gasteiger partial charge in [-0.15, -0.1) is 0 Å². The number of amides is 1. The summed E-state index contributed by atoms with van der Waals surface area (Å²) in [6, 6.07) is 10.1. The number of carbonyl (C=O) groups is 1. The molecule has 0 unspecified atom stereocenters. The van der Waals surface area contributed by atoms with Crippen LogP contribution < -0.4 is 10.0 Å². The van der Waals surface area contributed by atoms with Gasteiger partial charge in [-0.25, -0.2) is 8.42 Å². The smallest absolute Gasteiger partial charge is 0.270 e. The number of anilines is 2. The van der Waals surface area contributed by atoms with E-state index in [4.69, 9.17) is 0 Å². The summed E-state index contributed by atoms with van der Waals surface area (Å²) in [6.07, 6.45) is 1.04. The number of hydrogen-bond acceptors (Lipinski definition) is 5. The monoisotopic (exact) mass is 349 g/mol. The van der Waals surface area contributed by atoms with Crippen molar-refractivity contribution >= 4 is 33.0 Å². The highest BCUT2D eigenvalue weighted by Crippen LogP contribution is 2.20. The van der Waals surface area contributed by atoms with Gasteiger partial charge in [-0.3, -0.25) is 19.6 Å². The predicted octanol–water partition coefficient (Wildman–Crippen LogP) is 2.53. The minimum atomic E-state index is -3.38. The van der Waals surface area contributed by atoms with Gasteiger partial charge in [-0.05, 0) is 36.8 Å². The molecular weight excluding hydrogens is 334 g/mol. The molecule has 0 heterocycles. The number of carbonyl (C=O) groups excluding carboxylic acids is 1. The van der Waals surface area contributed by atoms with Crippen LogP contribution in [0.15, 0.2) is 42.5 Å². The minimum Gasteiger partial charge on any atom is -0.322 e. The van der Waals surface area contributed by atoms with Crippen LogP contribution in [0.3, 0.4) is 0 Å². The molecule has 126 valence electrons. The largest absolute Gasteiger partial charge is 0.322 e. The van der Waals surface area contributed by atoms with E-state index in [9.17, 15) is 23.3 Å². The van der Waals surface area contributed by atoms with Crippen molar-refractivity contribution in [2.24, 2.45) is 0 Å². The van der Waals surface area contributed by atoms with E-state index in [1.807, 2.05) is 0 Å². The number of nitrogens with one attached hydrogen (secondary N) is 2. The molecule has 1 amide bonds. The molecule has 0 spiro atoms. The second-order valence-electron chi connectivity index (χ2n) is 5.16. The van der Waals surface area contributed by atoms with Crippen LogP contribution in [0.25, 0.3) is 0 Å². The summed E-state index contributed by atoms with van der Waals surface area (Å²) in [5.74, 6) is -0.486. The fourth-order valence-corrected chi connectivity index (χ4v) is 2.57. The minimum absolute atomic E-state index is 0.168. The second kappa shape index (κ2) is 6.67. The quantitative estimate of drug-likeness (QED) is 0.635. The molecule has 0 aliphatic rings. The molecule has 2 rings (SSSR count). The molecular formula is C15H15N3O5S. The van der Waals surface area contributed by atoms with Crippen molar-refractivity contribution in [3.63, 3.8) is 0 Å². The van der Waals surface area contributed by atoms with Crippen LogP contribution in [-0.4, -0.2) is 25.5 Å². The van der Waals surface area contributed by atoms with Crippen LogP contribution in [0.5, 0.6) is 0 Å². The van der Waals surface area contributed by atoms with Crippen molar-refractivity contribution in [1.29, 1.82) is 0 Å². The number of rotatable bonds is 5. The van der Waals surface area contributed by atoms with Crippen LogP contribution in [-0.2, 0) is 10.0 Å². The summed E-state index contributed by atoms with van der Waals surface area (Å²) < 4.78 is 24.6. The molecule has 8 nitrogen and oxygen atoms in total. The molecule has 0 aromatic heterocycles. The SMILES string of the molecule is Cc1ccc([N+](=O)[O-])cc1C(=O)Nc1ccc(NS(C)(=O)=O)cc1. The normalized spacial score (nSPS) is 10.9. The Bertz CT molecular complexity index is 892. The van der Waals surface area contributed by atoms with Crippen molar-refractivity contribution < 1.29 is 18.1 Å². The van der Waals surface area contributed by atoms with Crippen LogP contribution in [0.2, 0.25) is 0 Å². The number of nitro benzene ring substituents is 1. The van der Waals surface area contributed by atoms with Crippen LogP contribution in [0, 0.1) is 17.0 Å². The third-order valence-electron chi connectivity index (χ3n) is 3.12.